The summed E-state index contributed by atoms with van der Waals surface area (Å²) in [6, 6.07) is 0. The average molecular weight is 1870 g/mol. The zero-order valence-corrected chi connectivity index (χ0v) is 86.9. The summed E-state index contributed by atoms with van der Waals surface area (Å²) in [5.41, 5.74) is 0. The van der Waals surface area contributed by atoms with Crippen molar-refractivity contribution in [1.29, 1.82) is 0 Å². The molecule has 12 unspecified atom stereocenters. The van der Waals surface area contributed by atoms with E-state index >= 15 is 0 Å². The largest absolute Gasteiger partial charge is 0.550 e. The Kier molecular flexibility index (Phi) is 90.8. The second-order valence-corrected chi connectivity index (χ2v) is 42.1. The SMILES string of the molecule is CCCCCCCCCCCCC1CCCC(C(=O)[O-])C1.CCCCCCCCCCCCC1CCCC(C(=O)[O-])C1.CCCCCCCCCCCCC1CCCC(C(=O)[O-])C1.CCCCCCCCCCCCC1CCCC(C(=O)[O-])C1.CCCCCCCCCCCCC1CCCC(C(=O)[O-])C1.CCCCCCCCCCCCC1CCCC(C(=O)[O-])C1.[Mo]. The zero-order chi connectivity index (χ0) is 92.0. The maximum Gasteiger partial charge on any atom is 0.0445 e. The zero-order valence-electron chi connectivity index (χ0n) is 84.9. The van der Waals surface area contributed by atoms with Crippen molar-refractivity contribution in [3.63, 3.8) is 0 Å². The predicted molar refractivity (Wildman–Crippen MR) is 521 cm³/mol. The van der Waals surface area contributed by atoms with Gasteiger partial charge in [-0.05, 0) is 148 Å². The molecule has 0 aliphatic heterocycles. The maximum absolute atomic E-state index is 10.9. The maximum atomic E-state index is 10.9. The van der Waals surface area contributed by atoms with Crippen LogP contribution in [0.15, 0.2) is 0 Å². The molecule has 6 rings (SSSR count). The summed E-state index contributed by atoms with van der Waals surface area (Å²) in [5, 5.41) is 65.6. The molecule has 0 bridgehead atoms. The number of hydrogen-bond acceptors (Lipinski definition) is 12. The Bertz CT molecular complexity index is 2000. The van der Waals surface area contributed by atoms with E-state index in [0.717, 1.165) is 116 Å². The van der Waals surface area contributed by atoms with Gasteiger partial charge in [0.1, 0.15) is 0 Å². The van der Waals surface area contributed by atoms with Gasteiger partial charge in [-0.1, -0.05) is 542 Å². The number of rotatable bonds is 72. The monoisotopic (exact) mass is 1870 g/mol. The third kappa shape index (κ3) is 77.4. The summed E-state index contributed by atoms with van der Waals surface area (Å²) in [6.45, 7) is 13.6. The minimum atomic E-state index is -0.817. The fourth-order valence-corrected chi connectivity index (χ4v) is 22.1. The number of carboxylic acids is 6. The van der Waals surface area contributed by atoms with Crippen LogP contribution in [0, 0.1) is 71.0 Å². The van der Waals surface area contributed by atoms with E-state index in [1.165, 1.54) is 462 Å². The normalized spacial score (nSPS) is 22.2. The van der Waals surface area contributed by atoms with Crippen LogP contribution in [-0.2, 0) is 49.8 Å². The van der Waals surface area contributed by atoms with Crippen LogP contribution >= 0.6 is 0 Å². The van der Waals surface area contributed by atoms with Crippen LogP contribution in [0.2, 0.25) is 0 Å². The van der Waals surface area contributed by atoms with Crippen LogP contribution in [0.5, 0.6) is 0 Å². The quantitative estimate of drug-likeness (QED) is 0.0408. The van der Waals surface area contributed by atoms with E-state index in [1.54, 1.807) is 0 Å². The van der Waals surface area contributed by atoms with Crippen molar-refractivity contribution in [1.82, 2.24) is 0 Å². The molecular weight excluding hydrogens is 1660 g/mol. The van der Waals surface area contributed by atoms with Gasteiger partial charge >= 0.3 is 0 Å². The summed E-state index contributed by atoms with van der Waals surface area (Å²) in [7, 11) is 0. The van der Waals surface area contributed by atoms with Crippen LogP contribution in [-0.4, -0.2) is 35.8 Å². The molecule has 12 nitrogen and oxygen atoms in total. The second-order valence-electron chi connectivity index (χ2n) is 42.1. The molecule has 0 aromatic rings. The topological polar surface area (TPSA) is 241 Å². The van der Waals surface area contributed by atoms with Crippen molar-refractivity contribution in [2.75, 3.05) is 0 Å². The molecule has 750 valence electrons. The molecule has 0 aromatic heterocycles. The molecule has 127 heavy (non-hydrogen) atoms. The molecule has 6 aliphatic carbocycles. The molecule has 0 amide bonds. The average Bonchev–Trinajstić information content (AvgIpc) is 0.926. The van der Waals surface area contributed by atoms with E-state index in [4.69, 9.17) is 0 Å². The van der Waals surface area contributed by atoms with E-state index in [0.29, 0.717) is 35.5 Å². The molecule has 13 heteroatoms. The molecule has 0 saturated heterocycles. The van der Waals surface area contributed by atoms with E-state index in [1.807, 2.05) is 0 Å². The Labute approximate surface area is 801 Å². The molecular formula is C114H210MoO12-6. The number of unbranched alkanes of at least 4 members (excludes halogenated alkanes) is 54. The fourth-order valence-electron chi connectivity index (χ4n) is 22.1. The van der Waals surface area contributed by atoms with E-state index in [2.05, 4.69) is 41.5 Å². The molecule has 0 aromatic carbocycles. The van der Waals surface area contributed by atoms with E-state index < -0.39 is 35.8 Å². The molecule has 6 fully saturated rings. The van der Waals surface area contributed by atoms with Gasteiger partial charge < -0.3 is 59.4 Å². The third-order valence-corrected chi connectivity index (χ3v) is 30.5. The first-order chi connectivity index (χ1) is 61.4. The molecule has 0 radical (unpaired) electrons. The Balaban J connectivity index is 0.00000150. The number of aliphatic carboxylic acids is 6. The van der Waals surface area contributed by atoms with Crippen molar-refractivity contribution in [3.8, 4) is 0 Å². The van der Waals surface area contributed by atoms with Gasteiger partial charge in [-0.25, -0.2) is 0 Å². The Hall–Kier alpha value is -2.49. The first kappa shape index (κ1) is 125. The molecule has 0 spiro atoms. The predicted octanol–water partition coefficient (Wildman–Crippen LogP) is 29.1. The van der Waals surface area contributed by atoms with Crippen molar-refractivity contribution in [2.45, 2.75) is 619 Å². The number of carbonyl (C=O) groups is 6. The van der Waals surface area contributed by atoms with Gasteiger partial charge in [-0.2, -0.15) is 0 Å². The Morgan fingerprint density at radius 1 is 0.157 bits per heavy atom. The van der Waals surface area contributed by atoms with Gasteiger partial charge in [-0.3, -0.25) is 0 Å². The minimum Gasteiger partial charge on any atom is -0.550 e. The molecule has 6 aliphatic rings. The summed E-state index contributed by atoms with van der Waals surface area (Å²) < 4.78 is 0. The van der Waals surface area contributed by atoms with Crippen molar-refractivity contribution >= 4 is 35.8 Å². The Morgan fingerprint density at radius 3 is 0.346 bits per heavy atom. The second kappa shape index (κ2) is 92.6. The third-order valence-electron chi connectivity index (χ3n) is 30.5. The summed E-state index contributed by atoms with van der Waals surface area (Å²) in [6.07, 6.45) is 114. The van der Waals surface area contributed by atoms with Crippen molar-refractivity contribution < 1.29 is 80.5 Å². The first-order valence-corrected chi connectivity index (χ1v) is 56.7. The van der Waals surface area contributed by atoms with E-state index in [9.17, 15) is 59.4 Å². The number of hydrogen-bond donors (Lipinski definition) is 0. The van der Waals surface area contributed by atoms with Crippen LogP contribution in [0.1, 0.15) is 619 Å². The van der Waals surface area contributed by atoms with Crippen LogP contribution in [0.3, 0.4) is 0 Å². The van der Waals surface area contributed by atoms with Gasteiger partial charge in [0.2, 0.25) is 0 Å². The molecule has 0 N–H and O–H groups in total. The number of carboxylic acid groups (broad SMARTS) is 6. The molecule has 6 saturated carbocycles. The van der Waals surface area contributed by atoms with Crippen LogP contribution in [0.25, 0.3) is 0 Å². The fraction of sp³-hybridized carbons (Fsp3) is 0.947. The van der Waals surface area contributed by atoms with Gasteiger partial charge in [0.05, 0.1) is 0 Å². The first-order valence-electron chi connectivity index (χ1n) is 56.7. The van der Waals surface area contributed by atoms with Gasteiger partial charge in [0, 0.05) is 56.9 Å². The molecule has 12 atom stereocenters. The van der Waals surface area contributed by atoms with Gasteiger partial charge in [0.25, 0.3) is 0 Å². The summed E-state index contributed by atoms with van der Waals surface area (Å²) >= 11 is 0. The molecule has 0 heterocycles. The standard InChI is InChI=1S/6C19H36O2.Mo/c6*1-2-3-4-5-6-7-8-9-10-11-13-17-14-12-15-18(16-17)19(20)21;/h6*17-18H,2-16H2,1H3,(H,20,21);/p-6. The van der Waals surface area contributed by atoms with Crippen LogP contribution in [0.4, 0.5) is 0 Å². The smallest absolute Gasteiger partial charge is 0.0445 e. The Morgan fingerprint density at radius 2 is 0.252 bits per heavy atom. The summed E-state index contributed by atoms with van der Waals surface area (Å²) in [5.74, 6) is -1.97. The summed E-state index contributed by atoms with van der Waals surface area (Å²) in [4.78, 5) is 65.6. The van der Waals surface area contributed by atoms with Crippen molar-refractivity contribution in [3.05, 3.63) is 0 Å². The van der Waals surface area contributed by atoms with Gasteiger partial charge in [-0.15, -0.1) is 0 Å². The van der Waals surface area contributed by atoms with Crippen molar-refractivity contribution in [2.24, 2.45) is 71.0 Å². The minimum absolute atomic E-state index is 0. The van der Waals surface area contributed by atoms with E-state index in [-0.39, 0.29) is 56.6 Å². The van der Waals surface area contributed by atoms with Crippen LogP contribution < -0.4 is 30.6 Å². The number of carbonyl (C=O) groups excluding carboxylic acids is 6. The van der Waals surface area contributed by atoms with Gasteiger partial charge in [0.15, 0.2) is 0 Å².